The molecule has 0 bridgehead atoms. The van der Waals surface area contributed by atoms with E-state index in [2.05, 4.69) is 44.6 Å². The van der Waals surface area contributed by atoms with E-state index in [1.165, 1.54) is 11.4 Å². The molecule has 78 valence electrons. The Morgan fingerprint density at radius 1 is 1.57 bits per heavy atom. The lowest BCUT2D eigenvalue weighted by Gasteiger charge is -2.23. The molecule has 0 aromatic carbocycles. The van der Waals surface area contributed by atoms with Crippen molar-refractivity contribution < 1.29 is 0 Å². The van der Waals surface area contributed by atoms with Crippen molar-refractivity contribution in [1.29, 1.82) is 0 Å². The highest BCUT2D eigenvalue weighted by molar-refractivity contribution is 8.60. The van der Waals surface area contributed by atoms with Gasteiger partial charge in [-0.2, -0.15) is 0 Å². The summed E-state index contributed by atoms with van der Waals surface area (Å²) >= 11 is 0. The second-order valence-corrected chi connectivity index (χ2v) is 12.1. The van der Waals surface area contributed by atoms with Gasteiger partial charge >= 0.3 is 0 Å². The summed E-state index contributed by atoms with van der Waals surface area (Å²) in [7, 11) is 8.40. The van der Waals surface area contributed by atoms with Crippen LogP contribution in [0.5, 0.6) is 0 Å². The van der Waals surface area contributed by atoms with Crippen LogP contribution in [0.1, 0.15) is 11.4 Å². The number of hydrogen-bond donors (Lipinski definition) is 0. The molecule has 4 unspecified atom stereocenters. The van der Waals surface area contributed by atoms with Crippen LogP contribution in [0.15, 0.2) is 0 Å². The number of fused-ring (bicyclic) bond motifs is 1. The van der Waals surface area contributed by atoms with Gasteiger partial charge in [0.05, 0.1) is 18.8 Å². The third-order valence-corrected chi connectivity index (χ3v) is 11.7. The van der Waals surface area contributed by atoms with E-state index < -0.39 is 0 Å². The van der Waals surface area contributed by atoms with E-state index in [9.17, 15) is 0 Å². The summed E-state index contributed by atoms with van der Waals surface area (Å²) < 4.78 is 2.11. The highest BCUT2D eigenvalue weighted by atomic mass is 32.6. The Kier molecular flexibility index (Phi) is 3.85. The Labute approximate surface area is 91.3 Å². The molecule has 0 saturated carbocycles. The minimum atomic E-state index is -0.246. The van der Waals surface area contributed by atoms with Gasteiger partial charge in [0, 0.05) is 19.5 Å². The van der Waals surface area contributed by atoms with Crippen molar-refractivity contribution >= 4 is 33.3 Å². The first kappa shape index (κ1) is 11.3. The van der Waals surface area contributed by atoms with Crippen LogP contribution in [-0.4, -0.2) is 33.3 Å². The Morgan fingerprint density at radius 3 is 3.07 bits per heavy atom. The third-order valence-electron chi connectivity index (χ3n) is 2.31. The van der Waals surface area contributed by atoms with Crippen LogP contribution in [0.4, 0.5) is 0 Å². The molecule has 8 heteroatoms. The van der Waals surface area contributed by atoms with E-state index in [-0.39, 0.29) is 7.45 Å². The molecule has 2 heterocycles. The maximum absolute atomic E-state index is 4.24. The van der Waals surface area contributed by atoms with Crippen molar-refractivity contribution in [3.8, 4) is 0 Å². The average molecular weight is 266 g/mol. The first-order chi connectivity index (χ1) is 6.72. The maximum Gasteiger partial charge on any atom is 0.0889 e. The molecule has 0 radical (unpaired) electrons. The lowest BCUT2D eigenvalue weighted by molar-refractivity contribution is 0.306. The van der Waals surface area contributed by atoms with Gasteiger partial charge in [-0.3, -0.25) is 0 Å². The van der Waals surface area contributed by atoms with Crippen molar-refractivity contribution in [2.24, 2.45) is 0 Å². The van der Waals surface area contributed by atoms with E-state index in [1.807, 2.05) is 0 Å². The van der Waals surface area contributed by atoms with Gasteiger partial charge in [0.2, 0.25) is 0 Å². The number of nitrogens with zero attached hydrogens (tertiary/aromatic N) is 4. The van der Waals surface area contributed by atoms with Crippen LogP contribution in [0.2, 0.25) is 0 Å². The standard InChI is InChI=1S/C6H14N4P4/c1-9-3-2-5-6(4-9)10(8-7-5)14(12)13-11/h13H,2-4,11-12H2,1H3. The quantitative estimate of drug-likeness (QED) is 0.764. The Hall–Kier alpha value is 0.820. The zero-order valence-corrected chi connectivity index (χ0v) is 12.2. The van der Waals surface area contributed by atoms with Gasteiger partial charge < -0.3 is 4.90 Å². The summed E-state index contributed by atoms with van der Waals surface area (Å²) in [5.74, 6) is 0. The number of aromatic nitrogens is 3. The molecule has 0 amide bonds. The van der Waals surface area contributed by atoms with Crippen LogP contribution in [0, 0.1) is 0 Å². The molecular weight excluding hydrogens is 252 g/mol. The minimum Gasteiger partial charge on any atom is -0.300 e. The van der Waals surface area contributed by atoms with Gasteiger partial charge in [0.15, 0.2) is 0 Å². The van der Waals surface area contributed by atoms with E-state index in [0.717, 1.165) is 27.5 Å². The Bertz CT molecular complexity index is 328. The Morgan fingerprint density at radius 2 is 2.36 bits per heavy atom. The van der Waals surface area contributed by atoms with Crippen molar-refractivity contribution in [3.63, 3.8) is 0 Å². The van der Waals surface area contributed by atoms with Crippen LogP contribution < -0.4 is 0 Å². The Balaban J connectivity index is 2.30. The van der Waals surface area contributed by atoms with E-state index in [4.69, 9.17) is 0 Å². The van der Waals surface area contributed by atoms with E-state index in [1.54, 1.807) is 0 Å². The maximum atomic E-state index is 4.24. The smallest absolute Gasteiger partial charge is 0.0889 e. The lowest BCUT2D eigenvalue weighted by Crippen LogP contribution is -2.27. The molecule has 1 aliphatic rings. The SMILES string of the molecule is CN1CCc2nnn(P(P)PP)c2C1. The van der Waals surface area contributed by atoms with Crippen LogP contribution in [0.3, 0.4) is 0 Å². The van der Waals surface area contributed by atoms with Gasteiger partial charge in [-0.25, -0.2) is 4.45 Å². The predicted octanol–water partition coefficient (Wildman–Crippen LogP) is 1.68. The number of hydrogen-bond acceptors (Lipinski definition) is 3. The summed E-state index contributed by atoms with van der Waals surface area (Å²) in [4.78, 5) is 2.32. The fraction of sp³-hybridized carbons (Fsp3) is 0.667. The van der Waals surface area contributed by atoms with Gasteiger partial charge in [-0.15, -0.1) is 14.0 Å². The molecule has 4 nitrogen and oxygen atoms in total. The van der Waals surface area contributed by atoms with Crippen molar-refractivity contribution in [3.05, 3.63) is 11.4 Å². The van der Waals surface area contributed by atoms with Crippen molar-refractivity contribution in [1.82, 2.24) is 19.7 Å². The van der Waals surface area contributed by atoms with Crippen LogP contribution in [-0.2, 0) is 13.0 Å². The molecule has 1 aliphatic heterocycles. The average Bonchev–Trinajstić information content (AvgIpc) is 2.59. The summed E-state index contributed by atoms with van der Waals surface area (Å²) in [6.45, 7) is 2.09. The molecule has 0 fully saturated rings. The summed E-state index contributed by atoms with van der Waals surface area (Å²) in [6.07, 6.45) is 1.04. The summed E-state index contributed by atoms with van der Waals surface area (Å²) in [5.41, 5.74) is 2.51. The first-order valence-corrected chi connectivity index (χ1v) is 10.9. The normalized spacial score (nSPS) is 20.2. The second kappa shape index (κ2) is 4.77. The molecule has 0 aliphatic carbocycles. The lowest BCUT2D eigenvalue weighted by atomic mass is 10.2. The molecule has 0 N–H and O–H groups in total. The molecule has 0 saturated heterocycles. The zero-order chi connectivity index (χ0) is 10.1. The number of likely N-dealkylation sites (N-methyl/N-ethyl adjacent to an activating group) is 1. The largest absolute Gasteiger partial charge is 0.300 e. The number of rotatable bonds is 2. The highest BCUT2D eigenvalue weighted by Gasteiger charge is 2.21. The zero-order valence-electron chi connectivity index (χ0n) is 8.01. The monoisotopic (exact) mass is 266 g/mol. The fourth-order valence-corrected chi connectivity index (χ4v) is 4.56. The molecule has 4 atom stereocenters. The third kappa shape index (κ3) is 2.16. The van der Waals surface area contributed by atoms with E-state index >= 15 is 0 Å². The second-order valence-electron chi connectivity index (χ2n) is 3.33. The van der Waals surface area contributed by atoms with Gasteiger partial charge in [0.25, 0.3) is 0 Å². The predicted molar refractivity (Wildman–Crippen MR) is 70.1 cm³/mol. The molecule has 1 aromatic heterocycles. The van der Waals surface area contributed by atoms with Gasteiger partial charge in [-0.1, -0.05) is 14.1 Å². The summed E-state index contributed by atoms with van der Waals surface area (Å²) in [6, 6.07) is 0. The summed E-state index contributed by atoms with van der Waals surface area (Å²) in [5, 5.41) is 8.49. The fourth-order valence-electron chi connectivity index (χ4n) is 1.53. The molecule has 2 rings (SSSR count). The molecule has 14 heavy (non-hydrogen) atoms. The minimum absolute atomic E-state index is 0.246. The van der Waals surface area contributed by atoms with Crippen LogP contribution in [0.25, 0.3) is 0 Å². The van der Waals surface area contributed by atoms with Crippen LogP contribution >= 0.6 is 33.3 Å². The van der Waals surface area contributed by atoms with Gasteiger partial charge in [0.1, 0.15) is 0 Å². The first-order valence-electron chi connectivity index (χ1n) is 4.35. The highest BCUT2D eigenvalue weighted by Crippen LogP contribution is 2.66. The van der Waals surface area contributed by atoms with E-state index in [0.29, 0.717) is 0 Å². The van der Waals surface area contributed by atoms with Crippen molar-refractivity contribution in [2.75, 3.05) is 13.6 Å². The topological polar surface area (TPSA) is 34.0 Å². The van der Waals surface area contributed by atoms with Crippen molar-refractivity contribution in [2.45, 2.75) is 13.0 Å². The molecule has 0 spiro atoms. The van der Waals surface area contributed by atoms with Gasteiger partial charge in [-0.05, 0) is 15.0 Å². The molecular formula is C6H14N4P4. The molecule has 1 aromatic rings.